The van der Waals surface area contributed by atoms with E-state index < -0.39 is 6.09 Å². The van der Waals surface area contributed by atoms with Crippen LogP contribution in [0.4, 0.5) is 4.79 Å². The lowest BCUT2D eigenvalue weighted by atomic mass is 10.2. The van der Waals surface area contributed by atoms with Crippen molar-refractivity contribution in [3.05, 3.63) is 41.6 Å². The molecule has 1 heterocycles. The van der Waals surface area contributed by atoms with Crippen molar-refractivity contribution in [2.75, 3.05) is 6.61 Å². The summed E-state index contributed by atoms with van der Waals surface area (Å²) in [7, 11) is 0. The maximum Gasteiger partial charge on any atom is 0.411 e. The van der Waals surface area contributed by atoms with Gasteiger partial charge in [-0.25, -0.2) is 4.79 Å². The monoisotopic (exact) mass is 209 g/mol. The summed E-state index contributed by atoms with van der Waals surface area (Å²) < 4.78 is 4.72. The third kappa shape index (κ3) is 1.72. The van der Waals surface area contributed by atoms with Crippen LogP contribution in [0.15, 0.2) is 36.0 Å². The van der Waals surface area contributed by atoms with Gasteiger partial charge in [-0.05, 0) is 5.56 Å². The molecule has 1 saturated heterocycles. The molecule has 0 unspecified atom stereocenters. The van der Waals surface area contributed by atoms with Gasteiger partial charge in [-0.2, -0.15) is 0 Å². The van der Waals surface area contributed by atoms with E-state index in [-0.39, 0.29) is 6.61 Å². The molecule has 1 amide bonds. The normalized spacial score (nSPS) is 18.8. The first-order chi connectivity index (χ1) is 6.77. The van der Waals surface area contributed by atoms with Crippen LogP contribution in [0.1, 0.15) is 5.56 Å². The zero-order valence-electron chi connectivity index (χ0n) is 7.29. The number of hydrogen-bond donors (Lipinski definition) is 1. The van der Waals surface area contributed by atoms with Crippen molar-refractivity contribution in [1.29, 1.82) is 0 Å². The van der Waals surface area contributed by atoms with E-state index in [0.29, 0.717) is 10.7 Å². The molecule has 1 N–H and O–H groups in total. The summed E-state index contributed by atoms with van der Waals surface area (Å²) in [5.41, 5.74) is 1.48. The number of hydrogen-bond acceptors (Lipinski definition) is 2. The molecule has 1 fully saturated rings. The second-order valence-corrected chi connectivity index (χ2v) is 3.24. The standard InChI is InChI=1S/C10H8ClNO2/c11-9(7-4-2-1-3-5-7)8-6-14-10(13)12-8/h1-5H,6H2,(H,12,13)/b9-8+. The molecular formula is C10H8ClNO2. The number of benzene rings is 1. The highest BCUT2D eigenvalue weighted by Crippen LogP contribution is 2.23. The number of ether oxygens (including phenoxy) is 1. The first-order valence-corrected chi connectivity index (χ1v) is 4.53. The third-order valence-corrected chi connectivity index (χ3v) is 2.34. The molecule has 0 bridgehead atoms. The first kappa shape index (κ1) is 9.09. The smallest absolute Gasteiger partial charge is 0.411 e. The topological polar surface area (TPSA) is 38.3 Å². The van der Waals surface area contributed by atoms with Crippen molar-refractivity contribution in [3.63, 3.8) is 0 Å². The summed E-state index contributed by atoms with van der Waals surface area (Å²) in [6.07, 6.45) is -0.450. The number of carbonyl (C=O) groups is 1. The Bertz CT molecular complexity index is 386. The zero-order valence-corrected chi connectivity index (χ0v) is 8.04. The van der Waals surface area contributed by atoms with Crippen molar-refractivity contribution in [3.8, 4) is 0 Å². The van der Waals surface area contributed by atoms with Crippen LogP contribution in [0.3, 0.4) is 0 Å². The molecule has 3 nitrogen and oxygen atoms in total. The number of amides is 1. The molecule has 14 heavy (non-hydrogen) atoms. The summed E-state index contributed by atoms with van der Waals surface area (Å²) in [5, 5.41) is 3.06. The summed E-state index contributed by atoms with van der Waals surface area (Å²) >= 11 is 6.06. The fraction of sp³-hybridized carbons (Fsp3) is 0.100. The second kappa shape index (κ2) is 3.72. The number of halogens is 1. The predicted octanol–water partition coefficient (Wildman–Crippen LogP) is 2.33. The van der Waals surface area contributed by atoms with Gasteiger partial charge in [0, 0.05) is 0 Å². The van der Waals surface area contributed by atoms with Crippen LogP contribution in [0, 0.1) is 0 Å². The quantitative estimate of drug-likeness (QED) is 0.771. The molecule has 1 aliphatic rings. The summed E-state index contributed by atoms with van der Waals surface area (Å²) in [5.74, 6) is 0. The van der Waals surface area contributed by atoms with E-state index in [2.05, 4.69) is 5.32 Å². The molecule has 0 atom stereocenters. The Labute approximate surface area is 86.3 Å². The lowest BCUT2D eigenvalue weighted by Gasteiger charge is -2.01. The Hall–Kier alpha value is -1.48. The SMILES string of the molecule is O=C1N/C(=C(/Cl)c2ccccc2)CO1. The number of nitrogens with one attached hydrogen (secondary N) is 1. The Morgan fingerprint density at radius 3 is 2.64 bits per heavy atom. The number of rotatable bonds is 1. The van der Waals surface area contributed by atoms with Gasteiger partial charge in [0.25, 0.3) is 0 Å². The van der Waals surface area contributed by atoms with Crippen LogP contribution in [0.25, 0.3) is 5.03 Å². The van der Waals surface area contributed by atoms with Gasteiger partial charge >= 0.3 is 6.09 Å². The molecule has 1 aromatic carbocycles. The Morgan fingerprint density at radius 1 is 1.36 bits per heavy atom. The van der Waals surface area contributed by atoms with Crippen molar-refractivity contribution >= 4 is 22.7 Å². The zero-order chi connectivity index (χ0) is 9.97. The first-order valence-electron chi connectivity index (χ1n) is 4.15. The number of alkyl carbamates (subject to hydrolysis) is 1. The van der Waals surface area contributed by atoms with Crippen LogP contribution >= 0.6 is 11.6 Å². The van der Waals surface area contributed by atoms with E-state index in [1.54, 1.807) is 0 Å². The minimum atomic E-state index is -0.450. The van der Waals surface area contributed by atoms with Crippen LogP contribution < -0.4 is 5.32 Å². The van der Waals surface area contributed by atoms with Gasteiger partial charge in [0.1, 0.15) is 6.61 Å². The molecule has 0 aliphatic carbocycles. The Kier molecular flexibility index (Phi) is 2.41. The second-order valence-electron chi connectivity index (χ2n) is 2.86. The molecular weight excluding hydrogens is 202 g/mol. The van der Waals surface area contributed by atoms with E-state index in [4.69, 9.17) is 16.3 Å². The molecule has 0 saturated carbocycles. The largest absolute Gasteiger partial charge is 0.443 e. The minimum Gasteiger partial charge on any atom is -0.443 e. The van der Waals surface area contributed by atoms with Crippen molar-refractivity contribution in [1.82, 2.24) is 5.32 Å². The lowest BCUT2D eigenvalue weighted by molar-refractivity contribution is 0.179. The van der Waals surface area contributed by atoms with Crippen LogP contribution in [0.2, 0.25) is 0 Å². The van der Waals surface area contributed by atoms with Crippen molar-refractivity contribution in [2.45, 2.75) is 0 Å². The fourth-order valence-corrected chi connectivity index (χ4v) is 1.44. The fourth-order valence-electron chi connectivity index (χ4n) is 1.21. The van der Waals surface area contributed by atoms with Gasteiger partial charge in [-0.1, -0.05) is 41.9 Å². The van der Waals surface area contributed by atoms with E-state index in [1.165, 1.54) is 0 Å². The molecule has 72 valence electrons. The molecule has 1 aliphatic heterocycles. The average molecular weight is 210 g/mol. The highest BCUT2D eigenvalue weighted by molar-refractivity contribution is 6.49. The van der Waals surface area contributed by atoms with E-state index >= 15 is 0 Å². The van der Waals surface area contributed by atoms with E-state index in [0.717, 1.165) is 5.56 Å². The summed E-state index contributed by atoms with van der Waals surface area (Å²) in [6, 6.07) is 9.42. The molecule has 0 spiro atoms. The van der Waals surface area contributed by atoms with Gasteiger partial charge in [-0.3, -0.25) is 5.32 Å². The molecule has 4 heteroatoms. The van der Waals surface area contributed by atoms with Crippen LogP contribution in [-0.2, 0) is 4.74 Å². The Morgan fingerprint density at radius 2 is 2.07 bits per heavy atom. The molecule has 2 rings (SSSR count). The van der Waals surface area contributed by atoms with Crippen LogP contribution in [0.5, 0.6) is 0 Å². The maximum atomic E-state index is 10.8. The summed E-state index contributed by atoms with van der Waals surface area (Å²) in [4.78, 5) is 10.8. The average Bonchev–Trinajstić information content (AvgIpc) is 2.65. The van der Waals surface area contributed by atoms with Crippen molar-refractivity contribution in [2.24, 2.45) is 0 Å². The third-order valence-electron chi connectivity index (χ3n) is 1.89. The van der Waals surface area contributed by atoms with Gasteiger partial charge < -0.3 is 4.74 Å². The van der Waals surface area contributed by atoms with E-state index in [1.807, 2.05) is 30.3 Å². The van der Waals surface area contributed by atoms with Crippen LogP contribution in [-0.4, -0.2) is 12.7 Å². The van der Waals surface area contributed by atoms with Crippen molar-refractivity contribution < 1.29 is 9.53 Å². The highest BCUT2D eigenvalue weighted by Gasteiger charge is 2.19. The van der Waals surface area contributed by atoms with Gasteiger partial charge in [-0.15, -0.1) is 0 Å². The molecule has 1 aromatic rings. The lowest BCUT2D eigenvalue weighted by Crippen LogP contribution is -2.11. The summed E-state index contributed by atoms with van der Waals surface area (Å²) in [6.45, 7) is 0.215. The van der Waals surface area contributed by atoms with Gasteiger partial charge in [0.05, 0.1) is 10.7 Å². The minimum absolute atomic E-state index is 0.215. The number of cyclic esters (lactones) is 1. The maximum absolute atomic E-state index is 10.8. The molecule has 0 aromatic heterocycles. The van der Waals surface area contributed by atoms with Gasteiger partial charge in [0.15, 0.2) is 0 Å². The van der Waals surface area contributed by atoms with Gasteiger partial charge in [0.2, 0.25) is 0 Å². The predicted molar refractivity (Wildman–Crippen MR) is 53.7 cm³/mol. The Balaban J connectivity index is 2.31. The number of carbonyl (C=O) groups excluding carboxylic acids is 1. The van der Waals surface area contributed by atoms with E-state index in [9.17, 15) is 4.79 Å². The molecule has 0 radical (unpaired) electrons. The highest BCUT2D eigenvalue weighted by atomic mass is 35.5.